The molecule has 80 valence electrons. The maximum absolute atomic E-state index is 5.61. The van der Waals surface area contributed by atoms with Crippen LogP contribution in [0.4, 0.5) is 10.3 Å². The second-order valence-electron chi connectivity index (χ2n) is 3.38. The van der Waals surface area contributed by atoms with Gasteiger partial charge in [0.1, 0.15) is 0 Å². The molecule has 0 saturated carbocycles. The van der Waals surface area contributed by atoms with Gasteiger partial charge in [0.25, 0.3) is 0 Å². The van der Waals surface area contributed by atoms with Crippen molar-refractivity contribution in [3.8, 4) is 10.6 Å². The van der Waals surface area contributed by atoms with E-state index in [1.165, 1.54) is 11.3 Å². The molecule has 0 bridgehead atoms. The van der Waals surface area contributed by atoms with Crippen LogP contribution in [-0.4, -0.2) is 24.1 Å². The molecule has 0 aromatic carbocycles. The summed E-state index contributed by atoms with van der Waals surface area (Å²) in [4.78, 5) is 11.8. The summed E-state index contributed by atoms with van der Waals surface area (Å²) in [6.07, 6.45) is 0. The van der Waals surface area contributed by atoms with Gasteiger partial charge >= 0.3 is 0 Å². The molecular weight excluding hydrogens is 228 g/mol. The highest BCUT2D eigenvalue weighted by Crippen LogP contribution is 2.34. The number of hydrogen-bond acceptors (Lipinski definition) is 6. The summed E-state index contributed by atoms with van der Waals surface area (Å²) < 4.78 is 0. The Morgan fingerprint density at radius 2 is 2.07 bits per heavy atom. The van der Waals surface area contributed by atoms with E-state index < -0.39 is 0 Å². The molecule has 0 unspecified atom stereocenters. The SMILES string of the molecule is Cc1nc(N(C)C)sc1-c1csc(N)n1. The molecule has 4 nitrogen and oxygen atoms in total. The third-order valence-corrected chi connectivity index (χ3v) is 3.94. The first-order valence-electron chi connectivity index (χ1n) is 4.44. The first-order chi connectivity index (χ1) is 7.08. The van der Waals surface area contributed by atoms with Gasteiger partial charge in [0, 0.05) is 19.5 Å². The van der Waals surface area contributed by atoms with Gasteiger partial charge in [-0.15, -0.1) is 11.3 Å². The number of nitrogens with zero attached hydrogens (tertiary/aromatic N) is 3. The minimum Gasteiger partial charge on any atom is -0.375 e. The van der Waals surface area contributed by atoms with E-state index in [9.17, 15) is 0 Å². The Hall–Kier alpha value is -1.14. The summed E-state index contributed by atoms with van der Waals surface area (Å²) in [5, 5.41) is 3.56. The average Bonchev–Trinajstić information content (AvgIpc) is 2.71. The lowest BCUT2D eigenvalue weighted by Gasteiger charge is -2.04. The van der Waals surface area contributed by atoms with Crippen LogP contribution < -0.4 is 10.6 Å². The molecule has 2 aromatic rings. The van der Waals surface area contributed by atoms with E-state index in [-0.39, 0.29) is 0 Å². The van der Waals surface area contributed by atoms with E-state index in [2.05, 4.69) is 9.97 Å². The van der Waals surface area contributed by atoms with Crippen molar-refractivity contribution < 1.29 is 0 Å². The van der Waals surface area contributed by atoms with Crippen LogP contribution in [0.5, 0.6) is 0 Å². The number of hydrogen-bond donors (Lipinski definition) is 1. The number of nitrogens with two attached hydrogens (primary N) is 1. The van der Waals surface area contributed by atoms with Crippen LogP contribution in [0, 0.1) is 6.92 Å². The van der Waals surface area contributed by atoms with E-state index in [0.29, 0.717) is 5.13 Å². The molecule has 0 aliphatic carbocycles. The number of nitrogen functional groups attached to an aromatic ring is 1. The van der Waals surface area contributed by atoms with Crippen molar-refractivity contribution in [3.63, 3.8) is 0 Å². The summed E-state index contributed by atoms with van der Waals surface area (Å²) in [5.41, 5.74) is 7.55. The molecule has 6 heteroatoms. The van der Waals surface area contributed by atoms with Gasteiger partial charge in [-0.2, -0.15) is 0 Å². The Balaban J connectivity index is 2.44. The predicted molar refractivity (Wildman–Crippen MR) is 66.7 cm³/mol. The van der Waals surface area contributed by atoms with Crippen molar-refractivity contribution in [2.75, 3.05) is 24.7 Å². The minimum absolute atomic E-state index is 0.601. The van der Waals surface area contributed by atoms with Crippen LogP contribution in [0.1, 0.15) is 5.69 Å². The second kappa shape index (κ2) is 3.79. The fourth-order valence-corrected chi connectivity index (χ4v) is 2.78. The molecule has 0 aliphatic rings. The molecule has 0 fully saturated rings. The van der Waals surface area contributed by atoms with Crippen molar-refractivity contribution in [2.45, 2.75) is 6.92 Å². The zero-order valence-corrected chi connectivity index (χ0v) is 10.4. The standard InChI is InChI=1S/C9H12N4S2/c1-5-7(6-4-14-8(10)12-6)15-9(11-5)13(2)3/h4H,1-3H3,(H2,10,12). The summed E-state index contributed by atoms with van der Waals surface area (Å²) in [5.74, 6) is 0. The van der Waals surface area contributed by atoms with Crippen LogP contribution in [0.25, 0.3) is 10.6 Å². The van der Waals surface area contributed by atoms with Crippen molar-refractivity contribution in [3.05, 3.63) is 11.1 Å². The van der Waals surface area contributed by atoms with Crippen molar-refractivity contribution in [1.82, 2.24) is 9.97 Å². The normalized spacial score (nSPS) is 10.6. The number of rotatable bonds is 2. The Kier molecular flexibility index (Phi) is 2.62. The topological polar surface area (TPSA) is 55.0 Å². The lowest BCUT2D eigenvalue weighted by molar-refractivity contribution is 1.09. The molecule has 0 radical (unpaired) electrons. The number of anilines is 2. The zero-order valence-electron chi connectivity index (χ0n) is 8.81. The maximum Gasteiger partial charge on any atom is 0.185 e. The summed E-state index contributed by atoms with van der Waals surface area (Å²) in [7, 11) is 3.97. The number of thiazole rings is 2. The Morgan fingerprint density at radius 3 is 2.53 bits per heavy atom. The number of aromatic nitrogens is 2. The highest BCUT2D eigenvalue weighted by atomic mass is 32.1. The van der Waals surface area contributed by atoms with Gasteiger partial charge in [-0.1, -0.05) is 11.3 Å². The Labute approximate surface area is 96.4 Å². The van der Waals surface area contributed by atoms with E-state index in [1.54, 1.807) is 11.3 Å². The van der Waals surface area contributed by atoms with Crippen LogP contribution in [0.2, 0.25) is 0 Å². The van der Waals surface area contributed by atoms with Crippen LogP contribution in [0.15, 0.2) is 5.38 Å². The molecule has 0 amide bonds. The molecular formula is C9H12N4S2. The molecule has 0 aliphatic heterocycles. The molecule has 0 saturated heterocycles. The number of aryl methyl sites for hydroxylation is 1. The fraction of sp³-hybridized carbons (Fsp3) is 0.333. The Morgan fingerprint density at radius 1 is 1.33 bits per heavy atom. The summed E-state index contributed by atoms with van der Waals surface area (Å²) in [6.45, 7) is 1.99. The van der Waals surface area contributed by atoms with Gasteiger partial charge in [0.15, 0.2) is 10.3 Å². The highest BCUT2D eigenvalue weighted by molar-refractivity contribution is 7.19. The largest absolute Gasteiger partial charge is 0.375 e. The highest BCUT2D eigenvalue weighted by Gasteiger charge is 2.13. The minimum atomic E-state index is 0.601. The van der Waals surface area contributed by atoms with E-state index in [1.807, 2.05) is 31.3 Å². The van der Waals surface area contributed by atoms with E-state index in [0.717, 1.165) is 21.4 Å². The quantitative estimate of drug-likeness (QED) is 0.874. The van der Waals surface area contributed by atoms with Gasteiger partial charge in [0.05, 0.1) is 16.3 Å². The van der Waals surface area contributed by atoms with Gasteiger partial charge in [0.2, 0.25) is 0 Å². The fourth-order valence-electron chi connectivity index (χ4n) is 1.20. The van der Waals surface area contributed by atoms with Crippen LogP contribution >= 0.6 is 22.7 Å². The summed E-state index contributed by atoms with van der Waals surface area (Å²) in [6, 6.07) is 0. The van der Waals surface area contributed by atoms with E-state index in [4.69, 9.17) is 5.73 Å². The van der Waals surface area contributed by atoms with Gasteiger partial charge in [-0.3, -0.25) is 0 Å². The van der Waals surface area contributed by atoms with Gasteiger partial charge in [-0.05, 0) is 6.92 Å². The van der Waals surface area contributed by atoms with Gasteiger partial charge in [-0.25, -0.2) is 9.97 Å². The Bertz CT molecular complexity index is 472. The van der Waals surface area contributed by atoms with Crippen LogP contribution in [-0.2, 0) is 0 Å². The average molecular weight is 240 g/mol. The smallest absolute Gasteiger partial charge is 0.185 e. The maximum atomic E-state index is 5.61. The van der Waals surface area contributed by atoms with Crippen molar-refractivity contribution in [2.24, 2.45) is 0 Å². The van der Waals surface area contributed by atoms with Crippen LogP contribution in [0.3, 0.4) is 0 Å². The third kappa shape index (κ3) is 1.95. The molecule has 2 N–H and O–H groups in total. The molecule has 15 heavy (non-hydrogen) atoms. The molecule has 0 atom stereocenters. The lowest BCUT2D eigenvalue weighted by atomic mass is 10.3. The molecule has 0 spiro atoms. The zero-order chi connectivity index (χ0) is 11.0. The van der Waals surface area contributed by atoms with E-state index >= 15 is 0 Å². The third-order valence-electron chi connectivity index (χ3n) is 1.92. The lowest BCUT2D eigenvalue weighted by Crippen LogP contribution is -2.07. The van der Waals surface area contributed by atoms with Gasteiger partial charge < -0.3 is 10.6 Å². The second-order valence-corrected chi connectivity index (χ2v) is 5.24. The molecule has 2 heterocycles. The predicted octanol–water partition coefficient (Wildman–Crippen LogP) is 2.22. The molecule has 2 rings (SSSR count). The van der Waals surface area contributed by atoms with Crippen molar-refractivity contribution in [1.29, 1.82) is 0 Å². The first kappa shape index (κ1) is 10.4. The monoisotopic (exact) mass is 240 g/mol. The summed E-state index contributed by atoms with van der Waals surface area (Å²) >= 11 is 3.10. The molecule has 2 aromatic heterocycles. The first-order valence-corrected chi connectivity index (χ1v) is 6.13. The van der Waals surface area contributed by atoms with Crippen molar-refractivity contribution >= 4 is 32.9 Å².